The molecule has 2 amide bonds. The molecule has 1 heterocycles. The maximum atomic E-state index is 13.4. The van der Waals surface area contributed by atoms with Gasteiger partial charge in [0.2, 0.25) is 12.3 Å². The van der Waals surface area contributed by atoms with Crippen LogP contribution in [0.5, 0.6) is 5.75 Å². The first-order chi connectivity index (χ1) is 18.0. The summed E-state index contributed by atoms with van der Waals surface area (Å²) in [6.45, 7) is 3.71. The highest BCUT2D eigenvalue weighted by molar-refractivity contribution is 6.00. The van der Waals surface area contributed by atoms with Gasteiger partial charge in [0.1, 0.15) is 18.2 Å². The van der Waals surface area contributed by atoms with Crippen LogP contribution in [0, 0.1) is 5.82 Å². The molecule has 0 aliphatic heterocycles. The summed E-state index contributed by atoms with van der Waals surface area (Å²) in [4.78, 5) is 31.5. The van der Waals surface area contributed by atoms with Crippen molar-refractivity contribution in [3.63, 3.8) is 0 Å². The highest BCUT2D eigenvalue weighted by Crippen LogP contribution is 2.36. The molecule has 8 heteroatoms. The van der Waals surface area contributed by atoms with Gasteiger partial charge in [-0.15, -0.1) is 0 Å². The van der Waals surface area contributed by atoms with E-state index in [4.69, 9.17) is 4.74 Å². The lowest BCUT2D eigenvalue weighted by Crippen LogP contribution is -2.19. The van der Waals surface area contributed by atoms with E-state index in [2.05, 4.69) is 16.9 Å². The van der Waals surface area contributed by atoms with Crippen molar-refractivity contribution >= 4 is 40.8 Å². The van der Waals surface area contributed by atoms with Crippen LogP contribution in [0.4, 0.5) is 32.8 Å². The van der Waals surface area contributed by atoms with E-state index in [-0.39, 0.29) is 18.3 Å². The van der Waals surface area contributed by atoms with E-state index in [0.717, 1.165) is 11.3 Å². The Morgan fingerprint density at radius 2 is 1.81 bits per heavy atom. The number of amides is 2. The van der Waals surface area contributed by atoms with Crippen molar-refractivity contribution < 1.29 is 18.7 Å². The Kier molecular flexibility index (Phi) is 7.90. The molecule has 0 unspecified atom stereocenters. The molecule has 4 rings (SSSR count). The van der Waals surface area contributed by atoms with Crippen molar-refractivity contribution in [2.45, 2.75) is 6.61 Å². The van der Waals surface area contributed by atoms with Gasteiger partial charge in [0, 0.05) is 24.6 Å². The van der Waals surface area contributed by atoms with Crippen LogP contribution in [0.3, 0.4) is 0 Å². The fourth-order valence-electron chi connectivity index (χ4n) is 3.72. The van der Waals surface area contributed by atoms with Gasteiger partial charge in [-0.2, -0.15) is 0 Å². The first kappa shape index (κ1) is 25.1. The number of rotatable bonds is 10. The van der Waals surface area contributed by atoms with Crippen LogP contribution in [-0.2, 0) is 16.2 Å². The Hall–Kier alpha value is -4.98. The van der Waals surface area contributed by atoms with E-state index >= 15 is 0 Å². The van der Waals surface area contributed by atoms with Gasteiger partial charge < -0.3 is 15.0 Å². The van der Waals surface area contributed by atoms with Crippen LogP contribution in [0.2, 0.25) is 0 Å². The third-order valence-electron chi connectivity index (χ3n) is 5.60. The zero-order valence-electron chi connectivity index (χ0n) is 20.2. The first-order valence-electron chi connectivity index (χ1n) is 11.4. The van der Waals surface area contributed by atoms with Gasteiger partial charge in [-0.1, -0.05) is 24.8 Å². The molecule has 0 saturated heterocycles. The van der Waals surface area contributed by atoms with Crippen molar-refractivity contribution in [1.82, 2.24) is 4.98 Å². The number of pyridine rings is 1. The minimum atomic E-state index is -0.345. The summed E-state index contributed by atoms with van der Waals surface area (Å²) in [5.74, 6) is -0.00817. The molecule has 37 heavy (non-hydrogen) atoms. The summed E-state index contributed by atoms with van der Waals surface area (Å²) >= 11 is 0. The summed E-state index contributed by atoms with van der Waals surface area (Å²) in [6.07, 6.45) is 5.17. The van der Waals surface area contributed by atoms with Crippen LogP contribution in [0.25, 0.3) is 0 Å². The predicted molar refractivity (Wildman–Crippen MR) is 143 cm³/mol. The lowest BCUT2D eigenvalue weighted by atomic mass is 10.2. The normalized spacial score (nSPS) is 10.3. The van der Waals surface area contributed by atoms with E-state index in [0.29, 0.717) is 34.9 Å². The number of benzene rings is 3. The standard InChI is InChI=1S/C29H25FN4O3/c1-3-29(36)32-23-8-5-9-25(17-23)34(20-35)27-14-15-31-18-28(27)33(2)24-10-12-26(13-11-24)37-19-21-6-4-7-22(30)16-21/h3-18,20H,1,19H2,2H3,(H,32,36). The molecule has 7 nitrogen and oxygen atoms in total. The quantitative estimate of drug-likeness (QED) is 0.216. The molecular formula is C29H25FN4O3. The van der Waals surface area contributed by atoms with Crippen molar-refractivity contribution in [3.8, 4) is 5.75 Å². The maximum Gasteiger partial charge on any atom is 0.247 e. The van der Waals surface area contributed by atoms with E-state index in [9.17, 15) is 14.0 Å². The Bertz CT molecular complexity index is 1410. The molecule has 0 radical (unpaired) electrons. The van der Waals surface area contributed by atoms with Crippen molar-refractivity contribution in [1.29, 1.82) is 0 Å². The molecule has 3 aromatic carbocycles. The molecule has 186 valence electrons. The highest BCUT2D eigenvalue weighted by atomic mass is 19.1. The smallest absolute Gasteiger partial charge is 0.247 e. The topological polar surface area (TPSA) is 74.8 Å². The van der Waals surface area contributed by atoms with Gasteiger partial charge in [0.05, 0.1) is 23.3 Å². The summed E-state index contributed by atoms with van der Waals surface area (Å²) in [7, 11) is 1.87. The summed E-state index contributed by atoms with van der Waals surface area (Å²) in [6, 6.07) is 22.4. The molecule has 0 bridgehead atoms. The fourth-order valence-corrected chi connectivity index (χ4v) is 3.72. The van der Waals surface area contributed by atoms with Gasteiger partial charge >= 0.3 is 0 Å². The molecule has 1 aromatic heterocycles. The van der Waals surface area contributed by atoms with E-state index in [1.807, 2.05) is 36.2 Å². The molecule has 0 atom stereocenters. The maximum absolute atomic E-state index is 13.4. The van der Waals surface area contributed by atoms with Crippen molar-refractivity contribution in [3.05, 3.63) is 115 Å². The molecule has 0 aliphatic rings. The number of aromatic nitrogens is 1. The average Bonchev–Trinajstić information content (AvgIpc) is 2.93. The van der Waals surface area contributed by atoms with Gasteiger partial charge in [-0.05, 0) is 72.3 Å². The highest BCUT2D eigenvalue weighted by Gasteiger charge is 2.17. The minimum Gasteiger partial charge on any atom is -0.489 e. The van der Waals surface area contributed by atoms with Crippen LogP contribution >= 0.6 is 0 Å². The molecule has 1 N–H and O–H groups in total. The molecule has 4 aromatic rings. The van der Waals surface area contributed by atoms with E-state index in [1.165, 1.54) is 23.1 Å². The number of anilines is 5. The molecule has 0 fully saturated rings. The monoisotopic (exact) mass is 496 g/mol. The lowest BCUT2D eigenvalue weighted by molar-refractivity contribution is -0.112. The largest absolute Gasteiger partial charge is 0.489 e. The number of hydrogen-bond donors (Lipinski definition) is 1. The Balaban J connectivity index is 1.55. The van der Waals surface area contributed by atoms with E-state index in [1.54, 1.807) is 54.9 Å². The number of hydrogen-bond acceptors (Lipinski definition) is 5. The number of carbonyl (C=O) groups is 2. The Labute approximate surface area is 214 Å². The molecule has 0 spiro atoms. The summed E-state index contributed by atoms with van der Waals surface area (Å²) < 4.78 is 19.2. The van der Waals surface area contributed by atoms with Crippen molar-refractivity contribution in [2.75, 3.05) is 22.2 Å². The number of carbonyl (C=O) groups excluding carboxylic acids is 2. The SMILES string of the molecule is C=CC(=O)Nc1cccc(N(C=O)c2ccncc2N(C)c2ccc(OCc3cccc(F)c3)cc2)c1. The molecular weight excluding hydrogens is 471 g/mol. The summed E-state index contributed by atoms with van der Waals surface area (Å²) in [5.41, 5.74) is 3.97. The number of nitrogens with zero attached hydrogens (tertiary/aromatic N) is 3. The van der Waals surface area contributed by atoms with Gasteiger partial charge in [-0.25, -0.2) is 4.39 Å². The number of ether oxygens (including phenoxy) is 1. The van der Waals surface area contributed by atoms with Gasteiger partial charge in [-0.3, -0.25) is 19.5 Å². The molecule has 0 aliphatic carbocycles. The third kappa shape index (κ3) is 6.18. The average molecular weight is 497 g/mol. The Morgan fingerprint density at radius 3 is 2.54 bits per heavy atom. The van der Waals surface area contributed by atoms with Crippen LogP contribution in [0.1, 0.15) is 5.56 Å². The van der Waals surface area contributed by atoms with Crippen LogP contribution in [0.15, 0.2) is 104 Å². The van der Waals surface area contributed by atoms with Crippen molar-refractivity contribution in [2.24, 2.45) is 0 Å². The Morgan fingerprint density at radius 1 is 1.03 bits per heavy atom. The number of nitrogens with one attached hydrogen (secondary N) is 1. The number of halogens is 1. The summed E-state index contributed by atoms with van der Waals surface area (Å²) in [5, 5.41) is 2.70. The van der Waals surface area contributed by atoms with E-state index < -0.39 is 0 Å². The first-order valence-corrected chi connectivity index (χ1v) is 11.4. The lowest BCUT2D eigenvalue weighted by Gasteiger charge is -2.27. The van der Waals surface area contributed by atoms with Crippen LogP contribution < -0.4 is 19.9 Å². The second kappa shape index (κ2) is 11.6. The predicted octanol–water partition coefficient (Wildman–Crippen LogP) is 5.99. The second-order valence-electron chi connectivity index (χ2n) is 8.06. The minimum absolute atomic E-state index is 0.250. The van der Waals surface area contributed by atoms with Gasteiger partial charge in [0.25, 0.3) is 0 Å². The zero-order valence-corrected chi connectivity index (χ0v) is 20.2. The zero-order chi connectivity index (χ0) is 26.2. The van der Waals surface area contributed by atoms with Crippen LogP contribution in [-0.4, -0.2) is 24.3 Å². The van der Waals surface area contributed by atoms with Gasteiger partial charge in [0.15, 0.2) is 0 Å². The second-order valence-corrected chi connectivity index (χ2v) is 8.06. The fraction of sp³-hybridized carbons (Fsp3) is 0.0690. The molecule has 0 saturated carbocycles. The third-order valence-corrected chi connectivity index (χ3v) is 5.60.